The number of hydrogen-bond donors (Lipinski definition) is 3. The lowest BCUT2D eigenvalue weighted by Gasteiger charge is -2.21. The first kappa shape index (κ1) is 14.0. The smallest absolute Gasteiger partial charge is 0.335 e. The monoisotopic (exact) mass is 250 g/mol. The fraction of sp³-hybridized carbons (Fsp3) is 0.385. The number of carboxylic acids is 1. The Morgan fingerprint density at radius 1 is 1.39 bits per heavy atom. The summed E-state index contributed by atoms with van der Waals surface area (Å²) in [5.41, 5.74) is 6.33. The molecule has 4 N–H and O–H groups in total. The molecule has 0 unspecified atom stereocenters. The van der Waals surface area contributed by atoms with E-state index >= 15 is 0 Å². The van der Waals surface area contributed by atoms with Crippen LogP contribution in [0.4, 0.5) is 5.69 Å². The van der Waals surface area contributed by atoms with Crippen molar-refractivity contribution < 1.29 is 14.7 Å². The van der Waals surface area contributed by atoms with Crippen LogP contribution in [0.5, 0.6) is 0 Å². The summed E-state index contributed by atoms with van der Waals surface area (Å²) < 4.78 is 0. The number of rotatable bonds is 5. The number of nitrogens with one attached hydrogen (secondary N) is 1. The molecule has 0 radical (unpaired) electrons. The van der Waals surface area contributed by atoms with E-state index in [1.54, 1.807) is 32.9 Å². The minimum absolute atomic E-state index is 0.273. The molecule has 98 valence electrons. The molecular weight excluding hydrogens is 232 g/mol. The van der Waals surface area contributed by atoms with Gasteiger partial charge in [0, 0.05) is 12.2 Å². The summed E-state index contributed by atoms with van der Waals surface area (Å²) in [6, 6.07) is 4.95. The number of primary amides is 1. The molecule has 1 aromatic rings. The number of carbonyl (C=O) groups is 2. The highest BCUT2D eigenvalue weighted by atomic mass is 16.4. The van der Waals surface area contributed by atoms with Gasteiger partial charge in [-0.15, -0.1) is 0 Å². The number of nitrogens with two attached hydrogens (primary N) is 1. The second kappa shape index (κ2) is 5.08. The van der Waals surface area contributed by atoms with Gasteiger partial charge in [0.15, 0.2) is 0 Å². The largest absolute Gasteiger partial charge is 0.478 e. The molecule has 1 aromatic carbocycles. The summed E-state index contributed by atoms with van der Waals surface area (Å²) in [6.45, 7) is 5.63. The summed E-state index contributed by atoms with van der Waals surface area (Å²) in [4.78, 5) is 22.0. The Morgan fingerprint density at radius 3 is 2.44 bits per heavy atom. The number of carboxylic acid groups (broad SMARTS) is 1. The van der Waals surface area contributed by atoms with Crippen LogP contribution in [0, 0.1) is 12.3 Å². The quantitative estimate of drug-likeness (QED) is 0.740. The fourth-order valence-electron chi connectivity index (χ4n) is 1.42. The summed E-state index contributed by atoms with van der Waals surface area (Å²) in [5.74, 6) is -1.33. The summed E-state index contributed by atoms with van der Waals surface area (Å²) in [6.07, 6.45) is 0. The predicted octanol–water partition coefficient (Wildman–Crippen LogP) is 1.62. The highest BCUT2D eigenvalue weighted by molar-refractivity contribution is 5.89. The molecule has 5 heteroatoms. The van der Waals surface area contributed by atoms with Crippen molar-refractivity contribution in [2.45, 2.75) is 20.8 Å². The lowest BCUT2D eigenvalue weighted by molar-refractivity contribution is -0.125. The number of carbonyl (C=O) groups excluding carboxylic acids is 1. The van der Waals surface area contributed by atoms with Crippen molar-refractivity contribution in [1.82, 2.24) is 0 Å². The number of hydrogen-bond acceptors (Lipinski definition) is 3. The van der Waals surface area contributed by atoms with Gasteiger partial charge in [0.25, 0.3) is 0 Å². The first-order chi connectivity index (χ1) is 8.24. The maximum atomic E-state index is 11.2. The van der Waals surface area contributed by atoms with Crippen LogP contribution >= 0.6 is 0 Å². The molecule has 18 heavy (non-hydrogen) atoms. The fourth-order valence-corrected chi connectivity index (χ4v) is 1.42. The van der Waals surface area contributed by atoms with E-state index in [4.69, 9.17) is 10.8 Å². The maximum Gasteiger partial charge on any atom is 0.335 e. The Balaban J connectivity index is 2.79. The lowest BCUT2D eigenvalue weighted by Crippen LogP contribution is -2.37. The van der Waals surface area contributed by atoms with Crippen LogP contribution in [-0.4, -0.2) is 23.5 Å². The molecule has 0 aliphatic rings. The van der Waals surface area contributed by atoms with E-state index in [9.17, 15) is 9.59 Å². The van der Waals surface area contributed by atoms with E-state index in [-0.39, 0.29) is 11.5 Å². The highest BCUT2D eigenvalue weighted by Crippen LogP contribution is 2.19. The molecule has 0 saturated carbocycles. The SMILES string of the molecule is Cc1cc(NCC(C)(C)C(N)=O)ccc1C(=O)O. The van der Waals surface area contributed by atoms with Crippen molar-refractivity contribution in [3.8, 4) is 0 Å². The summed E-state index contributed by atoms with van der Waals surface area (Å²) >= 11 is 0. The molecule has 1 rings (SSSR count). The van der Waals surface area contributed by atoms with Crippen LogP contribution in [0.2, 0.25) is 0 Å². The lowest BCUT2D eigenvalue weighted by atomic mass is 9.92. The molecular formula is C13H18N2O3. The Bertz CT molecular complexity index is 481. The van der Waals surface area contributed by atoms with Gasteiger partial charge in [-0.1, -0.05) is 0 Å². The third-order valence-corrected chi connectivity index (χ3v) is 2.86. The zero-order valence-electron chi connectivity index (χ0n) is 10.8. The van der Waals surface area contributed by atoms with Crippen molar-refractivity contribution in [1.29, 1.82) is 0 Å². The zero-order chi connectivity index (χ0) is 13.9. The molecule has 0 heterocycles. The molecule has 0 fully saturated rings. The molecule has 0 spiro atoms. The normalized spacial score (nSPS) is 11.1. The van der Waals surface area contributed by atoms with Crippen LogP contribution in [0.15, 0.2) is 18.2 Å². The Hall–Kier alpha value is -2.04. The van der Waals surface area contributed by atoms with E-state index in [0.29, 0.717) is 12.1 Å². The molecule has 5 nitrogen and oxygen atoms in total. The molecule has 0 atom stereocenters. The Morgan fingerprint density at radius 2 is 2.00 bits per heavy atom. The van der Waals surface area contributed by atoms with Gasteiger partial charge in [-0.3, -0.25) is 4.79 Å². The van der Waals surface area contributed by atoms with Gasteiger partial charge in [-0.25, -0.2) is 4.79 Å². The zero-order valence-corrected chi connectivity index (χ0v) is 10.8. The molecule has 0 bridgehead atoms. The van der Waals surface area contributed by atoms with E-state index in [1.165, 1.54) is 6.07 Å². The molecule has 0 saturated heterocycles. The van der Waals surface area contributed by atoms with Gasteiger partial charge in [-0.2, -0.15) is 0 Å². The number of amides is 1. The van der Waals surface area contributed by atoms with E-state index in [2.05, 4.69) is 5.32 Å². The van der Waals surface area contributed by atoms with Crippen molar-refractivity contribution in [2.24, 2.45) is 11.1 Å². The minimum Gasteiger partial charge on any atom is -0.478 e. The van der Waals surface area contributed by atoms with Gasteiger partial charge < -0.3 is 16.2 Å². The third kappa shape index (κ3) is 3.23. The molecule has 1 amide bonds. The topological polar surface area (TPSA) is 92.4 Å². The number of aromatic carboxylic acids is 1. The van der Waals surface area contributed by atoms with Crippen LogP contribution in [0.3, 0.4) is 0 Å². The standard InChI is InChI=1S/C13H18N2O3/c1-8-6-9(4-5-10(8)11(16)17)15-7-13(2,3)12(14)18/h4-6,15H,7H2,1-3H3,(H2,14,18)(H,16,17). The van der Waals surface area contributed by atoms with Crippen LogP contribution in [0.25, 0.3) is 0 Å². The predicted molar refractivity (Wildman–Crippen MR) is 69.6 cm³/mol. The van der Waals surface area contributed by atoms with E-state index < -0.39 is 11.4 Å². The van der Waals surface area contributed by atoms with Crippen LogP contribution in [0.1, 0.15) is 29.8 Å². The minimum atomic E-state index is -0.948. The number of anilines is 1. The Labute approximate surface area is 106 Å². The first-order valence-electron chi connectivity index (χ1n) is 5.62. The van der Waals surface area contributed by atoms with Gasteiger partial charge >= 0.3 is 5.97 Å². The van der Waals surface area contributed by atoms with Gasteiger partial charge in [0.05, 0.1) is 11.0 Å². The second-order valence-electron chi connectivity index (χ2n) is 4.94. The van der Waals surface area contributed by atoms with Crippen molar-refractivity contribution in [3.05, 3.63) is 29.3 Å². The summed E-state index contributed by atoms with van der Waals surface area (Å²) in [7, 11) is 0. The molecule has 0 aliphatic carbocycles. The molecule has 0 aliphatic heterocycles. The molecule has 0 aromatic heterocycles. The average molecular weight is 250 g/mol. The first-order valence-corrected chi connectivity index (χ1v) is 5.62. The van der Waals surface area contributed by atoms with Crippen LogP contribution < -0.4 is 11.1 Å². The van der Waals surface area contributed by atoms with Gasteiger partial charge in [-0.05, 0) is 44.5 Å². The van der Waals surface area contributed by atoms with Crippen LogP contribution in [-0.2, 0) is 4.79 Å². The van der Waals surface area contributed by atoms with Crippen molar-refractivity contribution >= 4 is 17.6 Å². The van der Waals surface area contributed by atoms with Crippen molar-refractivity contribution in [2.75, 3.05) is 11.9 Å². The van der Waals surface area contributed by atoms with E-state index in [0.717, 1.165) is 5.69 Å². The number of benzene rings is 1. The average Bonchev–Trinajstić information content (AvgIpc) is 2.25. The number of aryl methyl sites for hydroxylation is 1. The Kier molecular flexibility index (Phi) is 3.96. The van der Waals surface area contributed by atoms with Gasteiger partial charge in [0.2, 0.25) is 5.91 Å². The second-order valence-corrected chi connectivity index (χ2v) is 4.94. The third-order valence-electron chi connectivity index (χ3n) is 2.86. The van der Waals surface area contributed by atoms with Crippen molar-refractivity contribution in [3.63, 3.8) is 0 Å². The highest BCUT2D eigenvalue weighted by Gasteiger charge is 2.24. The van der Waals surface area contributed by atoms with E-state index in [1.807, 2.05) is 0 Å². The van der Waals surface area contributed by atoms with Gasteiger partial charge in [0.1, 0.15) is 0 Å². The summed E-state index contributed by atoms with van der Waals surface area (Å²) in [5, 5.41) is 12.0. The maximum absolute atomic E-state index is 11.2.